The minimum absolute atomic E-state index is 0.00555. The summed E-state index contributed by atoms with van der Waals surface area (Å²) in [7, 11) is -3.93. The number of nitrogens with zero attached hydrogens (tertiary/aromatic N) is 1. The van der Waals surface area contributed by atoms with Crippen molar-refractivity contribution in [1.29, 1.82) is 5.26 Å². The number of anilines is 1. The average molecular weight is 466 g/mol. The van der Waals surface area contributed by atoms with Gasteiger partial charge in [-0.3, -0.25) is 4.79 Å². The summed E-state index contributed by atoms with van der Waals surface area (Å²) in [5.41, 5.74) is 0.412. The quantitative estimate of drug-likeness (QED) is 0.543. The highest BCUT2D eigenvalue weighted by molar-refractivity contribution is 7.91. The minimum atomic E-state index is -3.93. The zero-order valence-electron chi connectivity index (χ0n) is 14.5. The number of nitrogens with one attached hydrogen (secondary N) is 1. The number of carbonyl (C=O) groups excluding carboxylic acids is 1. The van der Waals surface area contributed by atoms with Gasteiger partial charge in [-0.1, -0.05) is 34.8 Å². The van der Waals surface area contributed by atoms with Gasteiger partial charge in [0.15, 0.2) is 0 Å². The highest BCUT2D eigenvalue weighted by Gasteiger charge is 2.22. The molecule has 0 aliphatic rings. The first-order valence-corrected chi connectivity index (χ1v) is 10.7. The molecule has 0 saturated carbocycles. The van der Waals surface area contributed by atoms with Gasteiger partial charge in [0.1, 0.15) is 6.07 Å². The van der Waals surface area contributed by atoms with Gasteiger partial charge in [0.2, 0.25) is 9.84 Å². The molecule has 3 rings (SSSR count). The molecule has 0 spiro atoms. The molecule has 5 nitrogen and oxygen atoms in total. The first-order chi connectivity index (χ1) is 13.7. The van der Waals surface area contributed by atoms with Crippen LogP contribution >= 0.6 is 34.8 Å². The summed E-state index contributed by atoms with van der Waals surface area (Å²) in [6.45, 7) is 0. The molecule has 0 aliphatic heterocycles. The van der Waals surface area contributed by atoms with Crippen LogP contribution in [0.4, 0.5) is 5.69 Å². The van der Waals surface area contributed by atoms with Crippen LogP contribution in [0.3, 0.4) is 0 Å². The van der Waals surface area contributed by atoms with E-state index in [1.54, 1.807) is 0 Å². The SMILES string of the molecule is N#Cc1cc(NC(=O)c2ccc(Cl)c(Cl)c2)ccc1S(=O)(=O)c1ccc(Cl)cc1. The predicted octanol–water partition coefficient (Wildman–Crippen LogP) is 5.60. The molecule has 0 bridgehead atoms. The number of hydrogen-bond donors (Lipinski definition) is 1. The fraction of sp³-hybridized carbons (Fsp3) is 0. The molecule has 0 fully saturated rings. The maximum Gasteiger partial charge on any atom is 0.255 e. The number of halogens is 3. The Balaban J connectivity index is 1.93. The lowest BCUT2D eigenvalue weighted by atomic mass is 10.2. The second-order valence-electron chi connectivity index (χ2n) is 5.86. The molecule has 0 radical (unpaired) electrons. The van der Waals surface area contributed by atoms with E-state index in [1.807, 2.05) is 6.07 Å². The molecule has 3 aromatic carbocycles. The zero-order valence-corrected chi connectivity index (χ0v) is 17.6. The second-order valence-corrected chi connectivity index (χ2v) is 9.03. The molecule has 0 heterocycles. The Hall–Kier alpha value is -2.56. The van der Waals surface area contributed by atoms with E-state index in [9.17, 15) is 18.5 Å². The highest BCUT2D eigenvalue weighted by atomic mass is 35.5. The number of nitriles is 1. The van der Waals surface area contributed by atoms with Gasteiger partial charge in [0, 0.05) is 16.3 Å². The first-order valence-electron chi connectivity index (χ1n) is 8.03. The van der Waals surface area contributed by atoms with Crippen LogP contribution in [0.2, 0.25) is 15.1 Å². The fourth-order valence-electron chi connectivity index (χ4n) is 2.51. The molecule has 9 heteroatoms. The average Bonchev–Trinajstić information content (AvgIpc) is 2.70. The van der Waals surface area contributed by atoms with Crippen molar-refractivity contribution in [3.8, 4) is 6.07 Å². The second kappa shape index (κ2) is 8.44. The van der Waals surface area contributed by atoms with Crippen molar-refractivity contribution in [2.45, 2.75) is 9.79 Å². The maximum atomic E-state index is 12.8. The Morgan fingerprint density at radius 2 is 1.59 bits per heavy atom. The third-order valence-corrected chi connectivity index (χ3v) is 6.77. The number of benzene rings is 3. The van der Waals surface area contributed by atoms with Crippen LogP contribution in [-0.2, 0) is 9.84 Å². The number of rotatable bonds is 4. The van der Waals surface area contributed by atoms with Crippen molar-refractivity contribution < 1.29 is 13.2 Å². The van der Waals surface area contributed by atoms with Gasteiger partial charge in [0.05, 0.1) is 25.4 Å². The Morgan fingerprint density at radius 3 is 2.21 bits per heavy atom. The first kappa shape index (κ1) is 21.2. The third-order valence-electron chi connectivity index (χ3n) is 3.95. The van der Waals surface area contributed by atoms with Gasteiger partial charge in [-0.25, -0.2) is 8.42 Å². The van der Waals surface area contributed by atoms with E-state index in [-0.39, 0.29) is 31.6 Å². The molecule has 0 unspecified atom stereocenters. The number of hydrogen-bond acceptors (Lipinski definition) is 4. The summed E-state index contributed by atoms with van der Waals surface area (Å²) in [5.74, 6) is -0.485. The van der Waals surface area contributed by atoms with Gasteiger partial charge >= 0.3 is 0 Å². The van der Waals surface area contributed by atoms with Crippen molar-refractivity contribution in [3.05, 3.63) is 86.9 Å². The van der Waals surface area contributed by atoms with E-state index < -0.39 is 15.7 Å². The molecule has 146 valence electrons. The third kappa shape index (κ3) is 4.55. The summed E-state index contributed by atoms with van der Waals surface area (Å²) >= 11 is 17.6. The van der Waals surface area contributed by atoms with Crippen LogP contribution < -0.4 is 5.32 Å². The Bertz CT molecular complexity index is 1250. The van der Waals surface area contributed by atoms with Crippen LogP contribution in [0, 0.1) is 11.3 Å². The molecular formula is C20H11Cl3N2O3S. The summed E-state index contributed by atoms with van der Waals surface area (Å²) in [4.78, 5) is 12.2. The van der Waals surface area contributed by atoms with Gasteiger partial charge in [0.25, 0.3) is 5.91 Å². The molecule has 1 amide bonds. The van der Waals surface area contributed by atoms with E-state index in [0.717, 1.165) is 0 Å². The zero-order chi connectivity index (χ0) is 21.2. The molecular weight excluding hydrogens is 455 g/mol. The Kier molecular flexibility index (Phi) is 6.15. The molecule has 3 aromatic rings. The van der Waals surface area contributed by atoms with Crippen molar-refractivity contribution in [2.24, 2.45) is 0 Å². The van der Waals surface area contributed by atoms with Gasteiger partial charge in [-0.15, -0.1) is 0 Å². The lowest BCUT2D eigenvalue weighted by Crippen LogP contribution is -2.12. The van der Waals surface area contributed by atoms with Gasteiger partial charge < -0.3 is 5.32 Å². The lowest BCUT2D eigenvalue weighted by molar-refractivity contribution is 0.102. The highest BCUT2D eigenvalue weighted by Crippen LogP contribution is 2.28. The number of carbonyl (C=O) groups is 1. The smallest absolute Gasteiger partial charge is 0.255 e. The fourth-order valence-corrected chi connectivity index (χ4v) is 4.32. The van der Waals surface area contributed by atoms with E-state index in [1.165, 1.54) is 60.7 Å². The summed E-state index contributed by atoms with van der Waals surface area (Å²) in [6.07, 6.45) is 0. The lowest BCUT2D eigenvalue weighted by Gasteiger charge is -2.10. The van der Waals surface area contributed by atoms with Crippen LogP contribution in [-0.4, -0.2) is 14.3 Å². The Morgan fingerprint density at radius 1 is 0.897 bits per heavy atom. The predicted molar refractivity (Wildman–Crippen MR) is 112 cm³/mol. The summed E-state index contributed by atoms with van der Waals surface area (Å²) in [5, 5.41) is 13.0. The molecule has 1 N–H and O–H groups in total. The summed E-state index contributed by atoms with van der Waals surface area (Å²) in [6, 6.07) is 15.8. The summed E-state index contributed by atoms with van der Waals surface area (Å²) < 4.78 is 25.7. The van der Waals surface area contributed by atoms with Crippen LogP contribution in [0.25, 0.3) is 0 Å². The normalized spacial score (nSPS) is 11.0. The van der Waals surface area contributed by atoms with E-state index in [4.69, 9.17) is 34.8 Å². The standard InChI is InChI=1S/C20H11Cl3N2O3S/c21-14-2-5-16(6-3-14)29(27,28)19-8-4-15(9-13(19)11-24)25-20(26)12-1-7-17(22)18(23)10-12/h1-10H,(H,25,26). The van der Waals surface area contributed by atoms with E-state index >= 15 is 0 Å². The van der Waals surface area contributed by atoms with Crippen LogP contribution in [0.15, 0.2) is 70.5 Å². The van der Waals surface area contributed by atoms with Crippen molar-refractivity contribution in [3.63, 3.8) is 0 Å². The Labute approximate surface area is 182 Å². The number of sulfone groups is 1. The number of amides is 1. The molecule has 0 saturated heterocycles. The minimum Gasteiger partial charge on any atom is -0.322 e. The molecule has 0 aliphatic carbocycles. The van der Waals surface area contributed by atoms with Crippen molar-refractivity contribution >= 4 is 56.2 Å². The molecule has 0 aromatic heterocycles. The molecule has 29 heavy (non-hydrogen) atoms. The van der Waals surface area contributed by atoms with Gasteiger partial charge in [-0.05, 0) is 60.7 Å². The van der Waals surface area contributed by atoms with Crippen LogP contribution in [0.5, 0.6) is 0 Å². The monoisotopic (exact) mass is 464 g/mol. The van der Waals surface area contributed by atoms with Gasteiger partial charge in [-0.2, -0.15) is 5.26 Å². The van der Waals surface area contributed by atoms with Crippen molar-refractivity contribution in [1.82, 2.24) is 0 Å². The van der Waals surface area contributed by atoms with E-state index in [0.29, 0.717) is 10.0 Å². The maximum absolute atomic E-state index is 12.8. The largest absolute Gasteiger partial charge is 0.322 e. The topological polar surface area (TPSA) is 87.0 Å². The van der Waals surface area contributed by atoms with E-state index in [2.05, 4.69) is 5.32 Å². The van der Waals surface area contributed by atoms with Crippen LogP contribution in [0.1, 0.15) is 15.9 Å². The molecule has 0 atom stereocenters. The van der Waals surface area contributed by atoms with Crippen molar-refractivity contribution in [2.75, 3.05) is 5.32 Å².